The second kappa shape index (κ2) is 9.75. The van der Waals surface area contributed by atoms with Crippen molar-refractivity contribution in [1.82, 2.24) is 35.5 Å². The minimum absolute atomic E-state index is 0.137. The topological polar surface area (TPSA) is 114 Å². The number of nitrogens with zero attached hydrogens (tertiary/aromatic N) is 8. The highest BCUT2D eigenvalue weighted by Crippen LogP contribution is 2.28. The van der Waals surface area contributed by atoms with Crippen LogP contribution >= 0.6 is 0 Å². The number of nitrogens with one attached hydrogen (secondary N) is 1. The summed E-state index contributed by atoms with van der Waals surface area (Å²) in [5.41, 5.74) is -1.43. The number of tetrazole rings is 1. The molecule has 1 amide bonds. The largest absolute Gasteiger partial charge is 0.444 e. The zero-order chi connectivity index (χ0) is 24.2. The number of anilines is 2. The van der Waals surface area contributed by atoms with Crippen molar-refractivity contribution < 1.29 is 22.7 Å². The van der Waals surface area contributed by atoms with Crippen LogP contribution in [0.3, 0.4) is 0 Å². The molecule has 3 rings (SSSR count). The quantitative estimate of drug-likeness (QED) is 0.676. The van der Waals surface area contributed by atoms with Gasteiger partial charge in [-0.1, -0.05) is 5.10 Å². The number of alkyl carbamates (subject to hydrolysis) is 1. The number of alkyl halides is 3. The van der Waals surface area contributed by atoms with E-state index < -0.39 is 23.4 Å². The number of ether oxygens (including phenoxy) is 1. The summed E-state index contributed by atoms with van der Waals surface area (Å²) in [7, 11) is 0. The van der Waals surface area contributed by atoms with Crippen molar-refractivity contribution >= 4 is 18.0 Å². The highest BCUT2D eigenvalue weighted by Gasteiger charge is 2.32. The molecule has 1 saturated heterocycles. The van der Waals surface area contributed by atoms with Gasteiger partial charge < -0.3 is 19.9 Å². The first-order chi connectivity index (χ1) is 15.4. The Morgan fingerprint density at radius 1 is 1.09 bits per heavy atom. The van der Waals surface area contributed by atoms with Crippen molar-refractivity contribution in [1.29, 1.82) is 0 Å². The molecular weight excluding hydrogens is 443 g/mol. The lowest BCUT2D eigenvalue weighted by Gasteiger charge is -2.33. The molecule has 1 fully saturated rings. The minimum atomic E-state index is -4.46. The number of piperazine rings is 1. The van der Waals surface area contributed by atoms with E-state index in [2.05, 4.69) is 30.7 Å². The Kier molecular flexibility index (Phi) is 7.22. The van der Waals surface area contributed by atoms with E-state index in [1.54, 1.807) is 20.8 Å². The first-order valence-corrected chi connectivity index (χ1v) is 10.6. The average molecular weight is 471 g/mol. The van der Waals surface area contributed by atoms with E-state index in [0.29, 0.717) is 45.1 Å². The molecule has 3 heterocycles. The first kappa shape index (κ1) is 24.5. The van der Waals surface area contributed by atoms with Gasteiger partial charge in [0.1, 0.15) is 5.60 Å². The molecule has 182 valence electrons. The van der Waals surface area contributed by atoms with Gasteiger partial charge in [-0.25, -0.2) is 14.8 Å². The van der Waals surface area contributed by atoms with Crippen LogP contribution in [0.15, 0.2) is 12.4 Å². The van der Waals surface area contributed by atoms with Crippen LogP contribution in [0.1, 0.15) is 39.7 Å². The molecule has 0 saturated carbocycles. The number of carbonyl (C=O) groups is 1. The molecule has 1 N–H and O–H groups in total. The van der Waals surface area contributed by atoms with Crippen molar-refractivity contribution in [3.63, 3.8) is 0 Å². The van der Waals surface area contributed by atoms with Crippen LogP contribution < -0.4 is 15.1 Å². The van der Waals surface area contributed by atoms with Crippen LogP contribution in [0.2, 0.25) is 0 Å². The van der Waals surface area contributed by atoms with Crippen LogP contribution in [-0.4, -0.2) is 74.1 Å². The van der Waals surface area contributed by atoms with Crippen molar-refractivity contribution in [2.24, 2.45) is 0 Å². The number of rotatable bonds is 6. The summed E-state index contributed by atoms with van der Waals surface area (Å²) >= 11 is 0. The number of hydrogen-bond donors (Lipinski definition) is 1. The van der Waals surface area contributed by atoms with E-state index in [-0.39, 0.29) is 12.0 Å². The molecule has 14 heteroatoms. The van der Waals surface area contributed by atoms with E-state index >= 15 is 0 Å². The SMILES string of the molecule is CC(CCn1nnc(N2CCN(c3ncc(C(F)(F)F)cn3)CC2)n1)NC(=O)OC(C)(C)C. The Hall–Kier alpha value is -3.19. The monoisotopic (exact) mass is 471 g/mol. The predicted octanol–water partition coefficient (Wildman–Crippen LogP) is 2.11. The molecule has 0 radical (unpaired) electrons. The van der Waals surface area contributed by atoms with Gasteiger partial charge in [-0.15, -0.1) is 5.10 Å². The second-order valence-corrected chi connectivity index (χ2v) is 8.76. The minimum Gasteiger partial charge on any atom is -0.444 e. The van der Waals surface area contributed by atoms with Crippen LogP contribution in [0.25, 0.3) is 0 Å². The summed E-state index contributed by atoms with van der Waals surface area (Å²) in [5, 5.41) is 15.3. The lowest BCUT2D eigenvalue weighted by Crippen LogP contribution is -2.47. The third kappa shape index (κ3) is 7.15. The summed E-state index contributed by atoms with van der Waals surface area (Å²) in [5.74, 6) is 0.724. The maximum atomic E-state index is 12.7. The van der Waals surface area contributed by atoms with Gasteiger partial charge in [-0.3, -0.25) is 0 Å². The van der Waals surface area contributed by atoms with Gasteiger partial charge in [0.05, 0.1) is 12.1 Å². The highest BCUT2D eigenvalue weighted by molar-refractivity contribution is 5.67. The van der Waals surface area contributed by atoms with Crippen molar-refractivity contribution in [2.45, 2.75) is 58.5 Å². The fraction of sp³-hybridized carbons (Fsp3) is 0.684. The Morgan fingerprint density at radius 3 is 2.21 bits per heavy atom. The van der Waals surface area contributed by atoms with Crippen molar-refractivity contribution in [3.05, 3.63) is 18.0 Å². The third-order valence-corrected chi connectivity index (χ3v) is 4.78. The van der Waals surface area contributed by atoms with E-state index in [1.807, 2.05) is 16.7 Å². The second-order valence-electron chi connectivity index (χ2n) is 8.76. The number of aryl methyl sites for hydroxylation is 1. The zero-order valence-electron chi connectivity index (χ0n) is 19.0. The zero-order valence-corrected chi connectivity index (χ0v) is 19.0. The molecule has 0 bridgehead atoms. The predicted molar refractivity (Wildman–Crippen MR) is 113 cm³/mol. The standard InChI is InChI=1S/C19H28F3N9O2/c1-13(25-17(32)33-18(2,3)4)5-6-31-27-16(26-28-31)30-9-7-29(8-10-30)15-23-11-14(12-24-15)19(20,21)22/h11-13H,5-10H2,1-4H3,(H,25,32). The molecule has 33 heavy (non-hydrogen) atoms. The smallest absolute Gasteiger partial charge is 0.419 e. The van der Waals surface area contributed by atoms with Crippen LogP contribution in [0.5, 0.6) is 0 Å². The van der Waals surface area contributed by atoms with Gasteiger partial charge in [0.15, 0.2) is 0 Å². The van der Waals surface area contributed by atoms with Crippen LogP contribution in [0, 0.1) is 0 Å². The molecule has 0 aromatic carbocycles. The maximum absolute atomic E-state index is 12.7. The number of halogens is 3. The maximum Gasteiger partial charge on any atom is 0.419 e. The summed E-state index contributed by atoms with van der Waals surface area (Å²) in [4.78, 5) is 24.7. The Morgan fingerprint density at radius 2 is 1.67 bits per heavy atom. The van der Waals surface area contributed by atoms with E-state index in [0.717, 1.165) is 12.4 Å². The Balaban J connectivity index is 1.45. The fourth-order valence-corrected chi connectivity index (χ4v) is 3.08. The van der Waals surface area contributed by atoms with Gasteiger partial charge >= 0.3 is 12.3 Å². The Bertz CT molecular complexity index is 920. The normalized spacial score (nSPS) is 16.0. The molecule has 1 aliphatic rings. The molecular formula is C19H28F3N9O2. The Labute approximate surface area is 189 Å². The first-order valence-electron chi connectivity index (χ1n) is 10.6. The van der Waals surface area contributed by atoms with Gasteiger partial charge in [-0.2, -0.15) is 18.0 Å². The van der Waals surface area contributed by atoms with Crippen LogP contribution in [-0.2, 0) is 17.5 Å². The van der Waals surface area contributed by atoms with Crippen molar-refractivity contribution in [3.8, 4) is 0 Å². The third-order valence-electron chi connectivity index (χ3n) is 4.78. The number of hydrogen-bond acceptors (Lipinski definition) is 9. The summed E-state index contributed by atoms with van der Waals surface area (Å²) in [6.07, 6.45) is -2.76. The van der Waals surface area contributed by atoms with Gasteiger partial charge in [0.25, 0.3) is 5.95 Å². The lowest BCUT2D eigenvalue weighted by atomic mass is 10.2. The van der Waals surface area contributed by atoms with Gasteiger partial charge in [0.2, 0.25) is 5.95 Å². The molecule has 2 aromatic rings. The average Bonchev–Trinajstić information content (AvgIpc) is 3.19. The molecule has 0 aliphatic carbocycles. The van der Waals surface area contributed by atoms with Crippen molar-refractivity contribution in [2.75, 3.05) is 36.0 Å². The van der Waals surface area contributed by atoms with Gasteiger partial charge in [-0.05, 0) is 39.3 Å². The van der Waals surface area contributed by atoms with E-state index in [1.165, 1.54) is 4.80 Å². The van der Waals surface area contributed by atoms with E-state index in [9.17, 15) is 18.0 Å². The molecule has 1 unspecified atom stereocenters. The molecule has 1 atom stereocenters. The summed E-state index contributed by atoms with van der Waals surface area (Å²) in [6, 6.07) is -0.137. The van der Waals surface area contributed by atoms with Gasteiger partial charge in [0, 0.05) is 44.6 Å². The molecule has 1 aliphatic heterocycles. The fourth-order valence-electron chi connectivity index (χ4n) is 3.08. The highest BCUT2D eigenvalue weighted by atomic mass is 19.4. The molecule has 2 aromatic heterocycles. The van der Waals surface area contributed by atoms with Crippen LogP contribution in [0.4, 0.5) is 29.9 Å². The summed E-state index contributed by atoms with van der Waals surface area (Å²) in [6.45, 7) is 9.85. The number of amides is 1. The molecule has 0 spiro atoms. The molecule has 11 nitrogen and oxygen atoms in total. The number of carbonyl (C=O) groups excluding carboxylic acids is 1. The lowest BCUT2D eigenvalue weighted by molar-refractivity contribution is -0.138. The summed E-state index contributed by atoms with van der Waals surface area (Å²) < 4.78 is 43.2. The number of aromatic nitrogens is 6. The van der Waals surface area contributed by atoms with E-state index in [4.69, 9.17) is 4.74 Å².